The summed E-state index contributed by atoms with van der Waals surface area (Å²) in [5.74, 6) is 0.953. The molecule has 1 aromatic carbocycles. The molecule has 23 heavy (non-hydrogen) atoms. The average molecular weight is 311 g/mol. The molecule has 0 N–H and O–H groups in total. The van der Waals surface area contributed by atoms with Crippen LogP contribution >= 0.6 is 0 Å². The molecule has 0 radical (unpaired) electrons. The fraction of sp³-hybridized carbons (Fsp3) is 0.188. The summed E-state index contributed by atoms with van der Waals surface area (Å²) < 4.78 is 13.5. The molecule has 0 fully saturated rings. The number of carbonyl (C=O) groups is 1. The molecule has 0 saturated carbocycles. The van der Waals surface area contributed by atoms with Crippen molar-refractivity contribution in [3.63, 3.8) is 0 Å². The normalized spacial score (nSPS) is 13.2. The Morgan fingerprint density at radius 2 is 1.96 bits per heavy atom. The number of ketones is 1. The topological polar surface area (TPSA) is 74.8 Å². The number of nitrogens with zero attached hydrogens (tertiary/aromatic N) is 3. The van der Waals surface area contributed by atoms with Gasteiger partial charge in [-0.3, -0.25) is 9.20 Å². The molecule has 7 heteroatoms. The van der Waals surface area contributed by atoms with Crippen LogP contribution in [0.1, 0.15) is 10.4 Å². The van der Waals surface area contributed by atoms with Gasteiger partial charge in [0.15, 0.2) is 22.9 Å². The third kappa shape index (κ3) is 2.36. The van der Waals surface area contributed by atoms with E-state index < -0.39 is 0 Å². The molecule has 0 amide bonds. The Balaban J connectivity index is 1.64. The summed E-state index contributed by atoms with van der Waals surface area (Å²) in [7, 11) is 0. The lowest BCUT2D eigenvalue weighted by atomic mass is 10.1. The first-order valence-electron chi connectivity index (χ1n) is 7.19. The van der Waals surface area contributed by atoms with Crippen molar-refractivity contribution in [3.05, 3.63) is 58.6 Å². The summed E-state index contributed by atoms with van der Waals surface area (Å²) in [4.78, 5) is 24.6. The Kier molecular flexibility index (Phi) is 3.11. The fourth-order valence-electron chi connectivity index (χ4n) is 2.52. The fourth-order valence-corrected chi connectivity index (χ4v) is 2.52. The van der Waals surface area contributed by atoms with Gasteiger partial charge in [-0.15, -0.1) is 5.10 Å². The maximum Gasteiger partial charge on any atom is 0.350 e. The van der Waals surface area contributed by atoms with Gasteiger partial charge in [-0.25, -0.2) is 9.48 Å². The minimum absolute atomic E-state index is 0.125. The van der Waals surface area contributed by atoms with Crippen LogP contribution in [0.4, 0.5) is 0 Å². The molecule has 0 unspecified atom stereocenters. The highest BCUT2D eigenvalue weighted by molar-refractivity contribution is 5.96. The van der Waals surface area contributed by atoms with Gasteiger partial charge in [0.2, 0.25) is 0 Å². The lowest BCUT2D eigenvalue weighted by Crippen LogP contribution is -2.25. The van der Waals surface area contributed by atoms with Crippen molar-refractivity contribution in [3.8, 4) is 11.5 Å². The first-order chi connectivity index (χ1) is 11.2. The molecule has 1 aliphatic rings. The summed E-state index contributed by atoms with van der Waals surface area (Å²) in [6.07, 6.45) is 1.62. The quantitative estimate of drug-likeness (QED) is 0.678. The molecule has 4 rings (SSSR count). The third-order valence-electron chi connectivity index (χ3n) is 3.65. The van der Waals surface area contributed by atoms with Gasteiger partial charge < -0.3 is 9.47 Å². The summed E-state index contributed by atoms with van der Waals surface area (Å²) >= 11 is 0. The largest absolute Gasteiger partial charge is 0.486 e. The van der Waals surface area contributed by atoms with Crippen LogP contribution in [0.25, 0.3) is 5.65 Å². The molecule has 7 nitrogen and oxygen atoms in total. The molecule has 3 heterocycles. The van der Waals surface area contributed by atoms with E-state index >= 15 is 0 Å². The molecule has 0 spiro atoms. The standard InChI is InChI=1S/C16H13N3O4/c20-12(11-4-5-13-14(9-11)23-8-7-22-13)10-19-16(21)18-6-2-1-3-15(18)17-19/h1-6,9H,7-8,10H2. The molecule has 0 bridgehead atoms. The van der Waals surface area contributed by atoms with Crippen LogP contribution in [0, 0.1) is 0 Å². The summed E-state index contributed by atoms with van der Waals surface area (Å²) in [5, 5.41) is 4.16. The monoisotopic (exact) mass is 311 g/mol. The highest BCUT2D eigenvalue weighted by Crippen LogP contribution is 2.30. The van der Waals surface area contributed by atoms with Crippen LogP contribution in [-0.4, -0.2) is 33.2 Å². The predicted molar refractivity (Wildman–Crippen MR) is 81.2 cm³/mol. The number of benzene rings is 1. The second kappa shape index (κ2) is 5.28. The number of hydrogen-bond acceptors (Lipinski definition) is 5. The van der Waals surface area contributed by atoms with Gasteiger partial charge in [0.05, 0.1) is 0 Å². The highest BCUT2D eigenvalue weighted by atomic mass is 16.6. The van der Waals surface area contributed by atoms with Gasteiger partial charge in [0, 0.05) is 11.8 Å². The molecule has 0 atom stereocenters. The van der Waals surface area contributed by atoms with E-state index in [1.807, 2.05) is 0 Å². The van der Waals surface area contributed by atoms with E-state index in [0.29, 0.717) is 35.9 Å². The van der Waals surface area contributed by atoms with Gasteiger partial charge in [0.1, 0.15) is 19.8 Å². The van der Waals surface area contributed by atoms with Crippen LogP contribution < -0.4 is 15.2 Å². The van der Waals surface area contributed by atoms with Gasteiger partial charge in [-0.05, 0) is 30.3 Å². The predicted octanol–water partition coefficient (Wildman–Crippen LogP) is 1.15. The Labute approximate surface area is 130 Å². The number of carbonyl (C=O) groups excluding carboxylic acids is 1. The third-order valence-corrected chi connectivity index (χ3v) is 3.65. The van der Waals surface area contributed by atoms with Crippen LogP contribution in [-0.2, 0) is 6.54 Å². The van der Waals surface area contributed by atoms with Gasteiger partial charge >= 0.3 is 5.69 Å². The van der Waals surface area contributed by atoms with E-state index in [1.54, 1.807) is 42.6 Å². The van der Waals surface area contributed by atoms with Crippen LogP contribution in [0.3, 0.4) is 0 Å². The maximum atomic E-state index is 12.4. The van der Waals surface area contributed by atoms with Crippen molar-refractivity contribution >= 4 is 11.4 Å². The van der Waals surface area contributed by atoms with Crippen molar-refractivity contribution in [2.75, 3.05) is 13.2 Å². The molecule has 1 aliphatic heterocycles. The molecular weight excluding hydrogens is 298 g/mol. The van der Waals surface area contributed by atoms with Crippen LogP contribution in [0.15, 0.2) is 47.4 Å². The van der Waals surface area contributed by atoms with Gasteiger partial charge in [-0.1, -0.05) is 6.07 Å². The average Bonchev–Trinajstić information content (AvgIpc) is 2.91. The van der Waals surface area contributed by atoms with E-state index in [-0.39, 0.29) is 18.0 Å². The number of rotatable bonds is 3. The molecule has 2 aromatic heterocycles. The summed E-state index contributed by atoms with van der Waals surface area (Å²) in [6.45, 7) is 0.827. The van der Waals surface area contributed by atoms with Crippen molar-refractivity contribution in [1.29, 1.82) is 0 Å². The van der Waals surface area contributed by atoms with Crippen molar-refractivity contribution in [1.82, 2.24) is 14.2 Å². The molecule has 116 valence electrons. The van der Waals surface area contributed by atoms with E-state index in [2.05, 4.69) is 5.10 Å². The van der Waals surface area contributed by atoms with Crippen LogP contribution in [0.5, 0.6) is 11.5 Å². The van der Waals surface area contributed by atoms with E-state index in [4.69, 9.17) is 9.47 Å². The lowest BCUT2D eigenvalue weighted by molar-refractivity contribution is 0.0965. The zero-order valence-electron chi connectivity index (χ0n) is 12.1. The minimum atomic E-state index is -0.341. The minimum Gasteiger partial charge on any atom is -0.486 e. The Morgan fingerprint density at radius 3 is 2.78 bits per heavy atom. The molecule has 3 aromatic rings. The van der Waals surface area contributed by atoms with Crippen molar-refractivity contribution < 1.29 is 14.3 Å². The Morgan fingerprint density at radius 1 is 1.13 bits per heavy atom. The lowest BCUT2D eigenvalue weighted by Gasteiger charge is -2.18. The van der Waals surface area contributed by atoms with Crippen molar-refractivity contribution in [2.45, 2.75) is 6.54 Å². The van der Waals surface area contributed by atoms with E-state index in [0.717, 1.165) is 4.68 Å². The number of Topliss-reactive ketones (excluding diaryl/α,β-unsaturated/α-hetero) is 1. The molecule has 0 aliphatic carbocycles. The molecular formula is C16H13N3O4. The number of ether oxygens (including phenoxy) is 2. The zero-order chi connectivity index (χ0) is 15.8. The number of pyridine rings is 1. The maximum absolute atomic E-state index is 12.4. The van der Waals surface area contributed by atoms with E-state index in [1.165, 1.54) is 4.40 Å². The van der Waals surface area contributed by atoms with E-state index in [9.17, 15) is 9.59 Å². The first kappa shape index (κ1) is 13.6. The first-order valence-corrected chi connectivity index (χ1v) is 7.19. The number of hydrogen-bond donors (Lipinski definition) is 0. The highest BCUT2D eigenvalue weighted by Gasteiger charge is 2.17. The Hall–Kier alpha value is -3.09. The Bertz CT molecular complexity index is 957. The van der Waals surface area contributed by atoms with Gasteiger partial charge in [0.25, 0.3) is 0 Å². The zero-order valence-corrected chi connectivity index (χ0v) is 12.1. The second-order valence-corrected chi connectivity index (χ2v) is 5.15. The van der Waals surface area contributed by atoms with Crippen molar-refractivity contribution in [2.24, 2.45) is 0 Å². The van der Waals surface area contributed by atoms with Crippen LogP contribution in [0.2, 0.25) is 0 Å². The van der Waals surface area contributed by atoms with Gasteiger partial charge in [-0.2, -0.15) is 0 Å². The number of aromatic nitrogens is 3. The summed E-state index contributed by atoms with van der Waals surface area (Å²) in [5.41, 5.74) is 0.622. The second-order valence-electron chi connectivity index (χ2n) is 5.15. The SMILES string of the molecule is O=C(Cn1nc2ccccn2c1=O)c1ccc2c(c1)OCCO2. The number of fused-ring (bicyclic) bond motifs is 2. The smallest absolute Gasteiger partial charge is 0.350 e. The summed E-state index contributed by atoms with van der Waals surface area (Å²) in [6, 6.07) is 10.2. The molecule has 0 saturated heterocycles.